The Bertz CT molecular complexity index is 176. The zero-order valence-corrected chi connectivity index (χ0v) is 11.4. The summed E-state index contributed by atoms with van der Waals surface area (Å²) in [4.78, 5) is 11.3. The third-order valence-corrected chi connectivity index (χ3v) is 2.78. The minimum atomic E-state index is -0.0341. The van der Waals surface area contributed by atoms with Crippen LogP contribution in [0.5, 0.6) is 0 Å². The maximum Gasteiger partial charge on any atom is 0.305 e. The fraction of sp³-hybridized carbons (Fsp3) is 0.929. The predicted octanol–water partition coefficient (Wildman–Crippen LogP) is 4.18. The molecular formula is C14H28O2. The Labute approximate surface area is 101 Å². The van der Waals surface area contributed by atoms with Crippen molar-refractivity contribution in [3.63, 3.8) is 0 Å². The van der Waals surface area contributed by atoms with Crippen LogP contribution < -0.4 is 0 Å². The van der Waals surface area contributed by atoms with Crippen molar-refractivity contribution in [1.82, 2.24) is 0 Å². The smallest absolute Gasteiger partial charge is 0.305 e. The summed E-state index contributed by atoms with van der Waals surface area (Å²) < 4.78 is 5.29. The molecule has 0 heterocycles. The molecule has 0 aliphatic heterocycles. The van der Waals surface area contributed by atoms with E-state index in [-0.39, 0.29) is 5.97 Å². The molecule has 0 radical (unpaired) electrons. The molecule has 0 aliphatic carbocycles. The van der Waals surface area contributed by atoms with Gasteiger partial charge in [0.1, 0.15) is 0 Å². The maximum absolute atomic E-state index is 11.3. The Balaban J connectivity index is 3.79. The second-order valence-electron chi connectivity index (χ2n) is 5.06. The second kappa shape index (κ2) is 9.68. The molecule has 0 aromatic heterocycles. The summed E-state index contributed by atoms with van der Waals surface area (Å²) in [5, 5.41) is 0. The third kappa shape index (κ3) is 8.75. The van der Waals surface area contributed by atoms with E-state index in [1.807, 2.05) is 6.92 Å². The van der Waals surface area contributed by atoms with Crippen molar-refractivity contribution in [2.45, 2.75) is 66.2 Å². The summed E-state index contributed by atoms with van der Waals surface area (Å²) in [5.41, 5.74) is 0. The average molecular weight is 228 g/mol. The molecule has 96 valence electrons. The Morgan fingerprint density at radius 2 is 1.75 bits per heavy atom. The van der Waals surface area contributed by atoms with Crippen molar-refractivity contribution in [1.29, 1.82) is 0 Å². The first kappa shape index (κ1) is 15.5. The lowest BCUT2D eigenvalue weighted by molar-refractivity contribution is -0.145. The number of carbonyl (C=O) groups excluding carboxylic acids is 1. The van der Waals surface area contributed by atoms with Crippen LogP contribution in [0, 0.1) is 11.8 Å². The Morgan fingerprint density at radius 1 is 1.06 bits per heavy atom. The van der Waals surface area contributed by atoms with Crippen LogP contribution in [0.25, 0.3) is 0 Å². The van der Waals surface area contributed by atoms with Crippen LogP contribution in [0.15, 0.2) is 0 Å². The molecule has 0 spiro atoms. The summed E-state index contributed by atoms with van der Waals surface area (Å²) >= 11 is 0. The number of carbonyl (C=O) groups is 1. The molecule has 0 rings (SSSR count). The van der Waals surface area contributed by atoms with E-state index < -0.39 is 0 Å². The first-order chi connectivity index (χ1) is 7.60. The highest BCUT2D eigenvalue weighted by atomic mass is 16.5. The number of hydrogen-bond acceptors (Lipinski definition) is 2. The minimum Gasteiger partial charge on any atom is -0.465 e. The van der Waals surface area contributed by atoms with Crippen molar-refractivity contribution < 1.29 is 9.53 Å². The Morgan fingerprint density at radius 3 is 2.25 bits per heavy atom. The minimum absolute atomic E-state index is 0.0341. The van der Waals surface area contributed by atoms with Crippen LogP contribution in [0.2, 0.25) is 0 Å². The molecule has 0 aromatic carbocycles. The maximum atomic E-state index is 11.3. The van der Waals surface area contributed by atoms with Crippen molar-refractivity contribution >= 4 is 5.97 Å². The zero-order valence-electron chi connectivity index (χ0n) is 11.4. The van der Waals surface area contributed by atoms with Crippen molar-refractivity contribution in [3.05, 3.63) is 0 Å². The van der Waals surface area contributed by atoms with Crippen LogP contribution in [0.4, 0.5) is 0 Å². The topological polar surface area (TPSA) is 26.3 Å². The number of rotatable bonds is 9. The van der Waals surface area contributed by atoms with E-state index in [4.69, 9.17) is 4.74 Å². The average Bonchev–Trinajstić information content (AvgIpc) is 2.22. The predicted molar refractivity (Wildman–Crippen MR) is 68.3 cm³/mol. The normalized spacial score (nSPS) is 12.8. The molecule has 0 saturated heterocycles. The van der Waals surface area contributed by atoms with E-state index in [0.29, 0.717) is 18.9 Å². The fourth-order valence-electron chi connectivity index (χ4n) is 1.78. The van der Waals surface area contributed by atoms with Gasteiger partial charge in [0.15, 0.2) is 0 Å². The van der Waals surface area contributed by atoms with Crippen LogP contribution in [-0.4, -0.2) is 12.6 Å². The van der Waals surface area contributed by atoms with Crippen molar-refractivity contribution in [2.75, 3.05) is 6.61 Å². The third-order valence-electron chi connectivity index (χ3n) is 2.78. The molecule has 1 unspecified atom stereocenters. The van der Waals surface area contributed by atoms with Gasteiger partial charge < -0.3 is 4.74 Å². The molecule has 0 N–H and O–H groups in total. The number of ether oxygens (including phenoxy) is 1. The highest BCUT2D eigenvalue weighted by Gasteiger charge is 2.11. The molecule has 0 fully saturated rings. The van der Waals surface area contributed by atoms with Gasteiger partial charge in [0.25, 0.3) is 0 Å². The van der Waals surface area contributed by atoms with Crippen LogP contribution in [-0.2, 0) is 9.53 Å². The van der Waals surface area contributed by atoms with E-state index in [0.717, 1.165) is 12.3 Å². The van der Waals surface area contributed by atoms with Crippen LogP contribution >= 0.6 is 0 Å². The zero-order chi connectivity index (χ0) is 12.4. The van der Waals surface area contributed by atoms with Crippen molar-refractivity contribution in [3.8, 4) is 0 Å². The SMILES string of the molecule is CCCC(=O)OCC(CCC)CCC(C)C. The molecule has 2 heteroatoms. The lowest BCUT2D eigenvalue weighted by Gasteiger charge is -2.17. The lowest BCUT2D eigenvalue weighted by atomic mass is 9.95. The van der Waals surface area contributed by atoms with Gasteiger partial charge >= 0.3 is 5.97 Å². The molecule has 0 amide bonds. The van der Waals surface area contributed by atoms with Gasteiger partial charge in [-0.05, 0) is 31.1 Å². The summed E-state index contributed by atoms with van der Waals surface area (Å²) in [6.45, 7) is 9.30. The first-order valence-electron chi connectivity index (χ1n) is 6.75. The van der Waals surface area contributed by atoms with Gasteiger partial charge in [0, 0.05) is 6.42 Å². The van der Waals surface area contributed by atoms with E-state index in [1.165, 1.54) is 25.7 Å². The number of hydrogen-bond donors (Lipinski definition) is 0. The van der Waals surface area contributed by atoms with Gasteiger partial charge in [-0.3, -0.25) is 4.79 Å². The van der Waals surface area contributed by atoms with Gasteiger partial charge in [-0.15, -0.1) is 0 Å². The molecule has 2 nitrogen and oxygen atoms in total. The molecular weight excluding hydrogens is 200 g/mol. The number of esters is 1. The van der Waals surface area contributed by atoms with E-state index in [9.17, 15) is 4.79 Å². The quantitative estimate of drug-likeness (QED) is 0.553. The second-order valence-corrected chi connectivity index (χ2v) is 5.06. The van der Waals surface area contributed by atoms with Crippen molar-refractivity contribution in [2.24, 2.45) is 11.8 Å². The summed E-state index contributed by atoms with van der Waals surface area (Å²) in [5.74, 6) is 1.27. The fourth-order valence-corrected chi connectivity index (χ4v) is 1.78. The van der Waals surface area contributed by atoms with E-state index in [1.54, 1.807) is 0 Å². The van der Waals surface area contributed by atoms with Crippen LogP contribution in [0.1, 0.15) is 66.2 Å². The Hall–Kier alpha value is -0.530. The molecule has 16 heavy (non-hydrogen) atoms. The highest BCUT2D eigenvalue weighted by molar-refractivity contribution is 5.69. The van der Waals surface area contributed by atoms with Gasteiger partial charge in [-0.25, -0.2) is 0 Å². The summed E-state index contributed by atoms with van der Waals surface area (Å²) in [7, 11) is 0. The van der Waals surface area contributed by atoms with Gasteiger partial charge in [-0.1, -0.05) is 40.5 Å². The largest absolute Gasteiger partial charge is 0.465 e. The molecule has 0 aromatic rings. The lowest BCUT2D eigenvalue weighted by Crippen LogP contribution is -2.14. The highest BCUT2D eigenvalue weighted by Crippen LogP contribution is 2.17. The molecule has 0 bridgehead atoms. The Kier molecular flexibility index (Phi) is 9.36. The molecule has 0 saturated carbocycles. The monoisotopic (exact) mass is 228 g/mol. The summed E-state index contributed by atoms with van der Waals surface area (Å²) in [6.07, 6.45) is 6.20. The van der Waals surface area contributed by atoms with Gasteiger partial charge in [0.2, 0.25) is 0 Å². The summed E-state index contributed by atoms with van der Waals surface area (Å²) in [6, 6.07) is 0. The van der Waals surface area contributed by atoms with Crippen LogP contribution in [0.3, 0.4) is 0 Å². The van der Waals surface area contributed by atoms with E-state index >= 15 is 0 Å². The first-order valence-corrected chi connectivity index (χ1v) is 6.75. The van der Waals surface area contributed by atoms with Gasteiger partial charge in [-0.2, -0.15) is 0 Å². The molecule has 0 aliphatic rings. The van der Waals surface area contributed by atoms with Gasteiger partial charge in [0.05, 0.1) is 6.61 Å². The van der Waals surface area contributed by atoms with E-state index in [2.05, 4.69) is 20.8 Å². The molecule has 1 atom stereocenters. The standard InChI is InChI=1S/C14H28O2/c1-5-7-13(10-9-12(3)4)11-16-14(15)8-6-2/h12-13H,5-11H2,1-4H3.